The number of benzene rings is 1. The van der Waals surface area contributed by atoms with Gasteiger partial charge in [-0.05, 0) is 18.6 Å². The minimum atomic E-state index is -0.987. The fraction of sp³-hybridized carbons (Fsp3) is 0.375. The topological polar surface area (TPSA) is 78.5 Å². The van der Waals surface area contributed by atoms with Crippen molar-refractivity contribution < 1.29 is 14.6 Å². The second-order valence-electron chi connectivity index (χ2n) is 5.64. The maximum Gasteiger partial charge on any atom is 0.228 e. The van der Waals surface area contributed by atoms with Crippen LogP contribution in [0.5, 0.6) is 5.75 Å². The van der Waals surface area contributed by atoms with Crippen molar-refractivity contribution in [1.29, 1.82) is 0 Å². The van der Waals surface area contributed by atoms with Crippen molar-refractivity contribution in [1.82, 2.24) is 14.9 Å². The van der Waals surface area contributed by atoms with E-state index in [0.29, 0.717) is 19.5 Å². The van der Waals surface area contributed by atoms with Gasteiger partial charge in [0.15, 0.2) is 0 Å². The molecule has 2 N–H and O–H groups in total. The number of nitrogens with one attached hydrogen (secondary N) is 1. The molecule has 0 unspecified atom stereocenters. The molecule has 1 saturated heterocycles. The molecule has 1 aromatic heterocycles. The number of carbonyl (C=O) groups excluding carboxylic acids is 1. The first-order valence-electron chi connectivity index (χ1n) is 7.30. The number of aliphatic hydroxyl groups is 1. The summed E-state index contributed by atoms with van der Waals surface area (Å²) in [4.78, 5) is 20.7. The predicted molar refractivity (Wildman–Crippen MR) is 80.4 cm³/mol. The van der Waals surface area contributed by atoms with Crippen LogP contribution >= 0.6 is 0 Å². The van der Waals surface area contributed by atoms with Crippen molar-refractivity contribution in [3.05, 3.63) is 48.5 Å². The third kappa shape index (κ3) is 3.46. The van der Waals surface area contributed by atoms with Crippen molar-refractivity contribution in [3.63, 3.8) is 0 Å². The zero-order chi connectivity index (χ0) is 15.4. The van der Waals surface area contributed by atoms with Crippen LogP contribution in [0.4, 0.5) is 0 Å². The van der Waals surface area contributed by atoms with Gasteiger partial charge in [-0.15, -0.1) is 0 Å². The second-order valence-corrected chi connectivity index (χ2v) is 5.64. The highest BCUT2D eigenvalue weighted by Gasteiger charge is 2.38. The zero-order valence-corrected chi connectivity index (χ0v) is 12.2. The molecule has 22 heavy (non-hydrogen) atoms. The molecular formula is C16H19N3O3. The molecule has 2 heterocycles. The molecule has 2 aromatic rings. The van der Waals surface area contributed by atoms with E-state index in [1.807, 2.05) is 30.3 Å². The Hall–Kier alpha value is -2.34. The highest BCUT2D eigenvalue weighted by molar-refractivity contribution is 5.78. The van der Waals surface area contributed by atoms with Crippen molar-refractivity contribution in [2.24, 2.45) is 0 Å². The summed E-state index contributed by atoms with van der Waals surface area (Å²) in [5, 5.41) is 10.6. The molecule has 6 heteroatoms. The molecule has 0 aliphatic carbocycles. The number of H-pyrrole nitrogens is 1. The van der Waals surface area contributed by atoms with Gasteiger partial charge in [-0.25, -0.2) is 4.98 Å². The lowest BCUT2D eigenvalue weighted by Gasteiger charge is -2.23. The summed E-state index contributed by atoms with van der Waals surface area (Å²) in [5.74, 6) is 0.707. The number of para-hydroxylation sites is 1. The molecule has 0 spiro atoms. The van der Waals surface area contributed by atoms with E-state index in [9.17, 15) is 9.90 Å². The van der Waals surface area contributed by atoms with Gasteiger partial charge in [0, 0.05) is 18.4 Å². The number of imidazole rings is 1. The van der Waals surface area contributed by atoms with Crippen LogP contribution in [-0.2, 0) is 11.2 Å². The van der Waals surface area contributed by atoms with Crippen LogP contribution in [0.1, 0.15) is 12.1 Å². The first-order valence-corrected chi connectivity index (χ1v) is 7.30. The molecule has 6 nitrogen and oxygen atoms in total. The van der Waals surface area contributed by atoms with Gasteiger partial charge < -0.3 is 19.7 Å². The van der Waals surface area contributed by atoms with Crippen LogP contribution in [-0.4, -0.2) is 51.2 Å². The average molecular weight is 301 g/mol. The quantitative estimate of drug-likeness (QED) is 0.863. The van der Waals surface area contributed by atoms with Crippen LogP contribution in [0.25, 0.3) is 0 Å². The largest absolute Gasteiger partial charge is 0.491 e. The smallest absolute Gasteiger partial charge is 0.228 e. The number of aromatic nitrogens is 2. The minimum absolute atomic E-state index is 0.0140. The Bertz CT molecular complexity index is 615. The predicted octanol–water partition coefficient (Wildman–Crippen LogP) is 0.995. The Kier molecular flexibility index (Phi) is 4.11. The summed E-state index contributed by atoms with van der Waals surface area (Å²) in [6.07, 6.45) is 3.99. The van der Waals surface area contributed by atoms with E-state index in [4.69, 9.17) is 4.74 Å². The first-order chi connectivity index (χ1) is 10.6. The van der Waals surface area contributed by atoms with Crippen LogP contribution in [0.3, 0.4) is 0 Å². The van der Waals surface area contributed by atoms with Gasteiger partial charge >= 0.3 is 0 Å². The van der Waals surface area contributed by atoms with Crippen LogP contribution in [0.15, 0.2) is 42.9 Å². The molecule has 1 atom stereocenters. The summed E-state index contributed by atoms with van der Waals surface area (Å²) in [6.45, 7) is 1.03. The lowest BCUT2D eigenvalue weighted by Crippen LogP contribution is -2.41. The Morgan fingerprint density at radius 3 is 2.95 bits per heavy atom. The lowest BCUT2D eigenvalue weighted by molar-refractivity contribution is -0.130. The van der Waals surface area contributed by atoms with E-state index < -0.39 is 5.60 Å². The summed E-state index contributed by atoms with van der Waals surface area (Å²) in [6, 6.07) is 9.37. The fourth-order valence-corrected chi connectivity index (χ4v) is 2.58. The SMILES string of the molecule is O=C(Cc1cnc[nH]1)N1CC[C@@](O)(COc2ccccc2)C1. The van der Waals surface area contributed by atoms with Crippen molar-refractivity contribution in [3.8, 4) is 5.75 Å². The highest BCUT2D eigenvalue weighted by atomic mass is 16.5. The van der Waals surface area contributed by atoms with E-state index in [1.54, 1.807) is 17.4 Å². The van der Waals surface area contributed by atoms with Gasteiger partial charge in [0.2, 0.25) is 5.91 Å². The highest BCUT2D eigenvalue weighted by Crippen LogP contribution is 2.23. The number of hydrogen-bond donors (Lipinski definition) is 2. The second kappa shape index (κ2) is 6.19. The number of hydrogen-bond acceptors (Lipinski definition) is 4. The number of aromatic amines is 1. The molecule has 1 fully saturated rings. The van der Waals surface area contributed by atoms with Gasteiger partial charge in [-0.2, -0.15) is 0 Å². The Labute approximate surface area is 128 Å². The number of β-amino-alcohol motifs (C(OH)–C–C–N with tert-alkyl or cyclic N) is 1. The maximum atomic E-state index is 12.2. The van der Waals surface area contributed by atoms with E-state index in [0.717, 1.165) is 11.4 Å². The van der Waals surface area contributed by atoms with E-state index >= 15 is 0 Å². The van der Waals surface area contributed by atoms with Crippen LogP contribution < -0.4 is 4.74 Å². The molecular weight excluding hydrogens is 282 g/mol. The molecule has 0 radical (unpaired) electrons. The number of carbonyl (C=O) groups is 1. The maximum absolute atomic E-state index is 12.2. The van der Waals surface area contributed by atoms with Gasteiger partial charge in [0.25, 0.3) is 0 Å². The molecule has 116 valence electrons. The Balaban J connectivity index is 1.53. The van der Waals surface area contributed by atoms with Gasteiger partial charge in [-0.1, -0.05) is 18.2 Å². The number of amides is 1. The molecule has 0 bridgehead atoms. The first kappa shape index (κ1) is 14.6. The van der Waals surface area contributed by atoms with Crippen LogP contribution in [0, 0.1) is 0 Å². The number of rotatable bonds is 5. The third-order valence-electron chi connectivity index (χ3n) is 3.83. The molecule has 1 aliphatic rings. The summed E-state index contributed by atoms with van der Waals surface area (Å²) >= 11 is 0. The summed E-state index contributed by atoms with van der Waals surface area (Å²) in [7, 11) is 0. The Morgan fingerprint density at radius 2 is 2.23 bits per heavy atom. The van der Waals surface area contributed by atoms with Gasteiger partial charge in [0.1, 0.15) is 18.0 Å². The Morgan fingerprint density at radius 1 is 1.41 bits per heavy atom. The summed E-state index contributed by atoms with van der Waals surface area (Å²) in [5.41, 5.74) is -0.208. The number of ether oxygens (including phenoxy) is 1. The van der Waals surface area contributed by atoms with E-state index in [-0.39, 0.29) is 18.9 Å². The standard InChI is InChI=1S/C16H19N3O3/c20-15(8-13-9-17-12-18-13)19-7-6-16(21,10-19)11-22-14-4-2-1-3-5-14/h1-5,9,12,21H,6-8,10-11H2,(H,17,18)/t16-/m0/s1. The zero-order valence-electron chi connectivity index (χ0n) is 12.2. The average Bonchev–Trinajstić information content (AvgIpc) is 3.17. The monoisotopic (exact) mass is 301 g/mol. The van der Waals surface area contributed by atoms with E-state index in [2.05, 4.69) is 9.97 Å². The van der Waals surface area contributed by atoms with Crippen molar-refractivity contribution >= 4 is 5.91 Å². The molecule has 0 saturated carbocycles. The lowest BCUT2D eigenvalue weighted by atomic mass is 10.1. The normalized spacial score (nSPS) is 21.0. The summed E-state index contributed by atoms with van der Waals surface area (Å²) < 4.78 is 5.62. The number of nitrogens with zero attached hydrogens (tertiary/aromatic N) is 2. The van der Waals surface area contributed by atoms with Crippen LogP contribution in [0.2, 0.25) is 0 Å². The van der Waals surface area contributed by atoms with Gasteiger partial charge in [0.05, 0.1) is 19.3 Å². The van der Waals surface area contributed by atoms with Crippen molar-refractivity contribution in [2.45, 2.75) is 18.4 Å². The fourth-order valence-electron chi connectivity index (χ4n) is 2.58. The third-order valence-corrected chi connectivity index (χ3v) is 3.83. The van der Waals surface area contributed by atoms with E-state index in [1.165, 1.54) is 0 Å². The van der Waals surface area contributed by atoms with Crippen molar-refractivity contribution in [2.75, 3.05) is 19.7 Å². The molecule has 3 rings (SSSR count). The minimum Gasteiger partial charge on any atom is -0.491 e. The molecule has 1 amide bonds. The molecule has 1 aromatic carbocycles. The number of likely N-dealkylation sites (tertiary alicyclic amines) is 1. The molecule has 1 aliphatic heterocycles. The van der Waals surface area contributed by atoms with Gasteiger partial charge in [-0.3, -0.25) is 4.79 Å².